The Hall–Kier alpha value is -3.59. The van der Waals surface area contributed by atoms with Crippen LogP contribution in [0.1, 0.15) is 30.7 Å². The number of allylic oxidation sites excluding steroid dienone is 1. The number of esters is 1. The standard InChI is InChI=1S/C24H22FN3O4S/c1-3-10-32-23(30)21-15(2)27-24-28(22(21)18-8-4-5-9-19(18)25)16(14-33-24)12-20(29)26-13-17-7-6-11-31-17/h3-9,11,14,22H,1,10,12-13H2,2H3,(H,26,29)/t22-/m0/s1. The van der Waals surface area contributed by atoms with E-state index in [4.69, 9.17) is 9.15 Å². The first-order valence-electron chi connectivity index (χ1n) is 10.3. The van der Waals surface area contributed by atoms with Gasteiger partial charge in [-0.15, -0.1) is 0 Å². The number of carbonyl (C=O) groups excluding carboxylic acids is 2. The molecule has 33 heavy (non-hydrogen) atoms. The quantitative estimate of drug-likeness (QED) is 0.457. The molecule has 1 amide bonds. The molecule has 2 aliphatic heterocycles. The number of hydrogen-bond acceptors (Lipinski definition) is 7. The first-order chi connectivity index (χ1) is 16.0. The minimum atomic E-state index is -0.824. The number of amidine groups is 1. The third-order valence-corrected chi connectivity index (χ3v) is 6.02. The number of hydrogen-bond donors (Lipinski definition) is 1. The van der Waals surface area contributed by atoms with E-state index >= 15 is 0 Å². The van der Waals surface area contributed by atoms with Gasteiger partial charge in [0.2, 0.25) is 5.91 Å². The summed E-state index contributed by atoms with van der Waals surface area (Å²) >= 11 is 1.32. The van der Waals surface area contributed by atoms with E-state index in [1.807, 2.05) is 0 Å². The summed E-state index contributed by atoms with van der Waals surface area (Å²) in [7, 11) is 0. The number of furan rings is 1. The number of halogens is 1. The molecule has 0 aliphatic carbocycles. The molecule has 1 aromatic carbocycles. The van der Waals surface area contributed by atoms with Crippen LogP contribution in [0.4, 0.5) is 4.39 Å². The minimum Gasteiger partial charge on any atom is -0.467 e. The Labute approximate surface area is 194 Å². The zero-order valence-electron chi connectivity index (χ0n) is 17.9. The number of rotatable bonds is 8. The van der Waals surface area contributed by atoms with E-state index < -0.39 is 17.8 Å². The van der Waals surface area contributed by atoms with Crippen molar-refractivity contribution in [3.8, 4) is 0 Å². The van der Waals surface area contributed by atoms with Crippen LogP contribution in [0.2, 0.25) is 0 Å². The van der Waals surface area contributed by atoms with Crippen LogP contribution in [0.15, 0.2) is 87.1 Å². The Balaban J connectivity index is 1.64. The molecule has 1 atom stereocenters. The number of ether oxygens (including phenoxy) is 1. The zero-order valence-corrected chi connectivity index (χ0v) is 18.7. The first kappa shape index (κ1) is 22.6. The highest BCUT2D eigenvalue weighted by atomic mass is 32.2. The van der Waals surface area contributed by atoms with E-state index in [1.165, 1.54) is 30.2 Å². The highest BCUT2D eigenvalue weighted by molar-refractivity contribution is 8.16. The molecule has 0 saturated heterocycles. The van der Waals surface area contributed by atoms with Crippen LogP contribution in [-0.4, -0.2) is 28.6 Å². The van der Waals surface area contributed by atoms with Crippen LogP contribution in [0.5, 0.6) is 0 Å². The van der Waals surface area contributed by atoms with Gasteiger partial charge in [-0.05, 0) is 30.5 Å². The minimum absolute atomic E-state index is 0.0167. The summed E-state index contributed by atoms with van der Waals surface area (Å²) in [4.78, 5) is 31.9. The Kier molecular flexibility index (Phi) is 6.79. The molecule has 0 bridgehead atoms. The van der Waals surface area contributed by atoms with Gasteiger partial charge >= 0.3 is 5.97 Å². The number of thioether (sulfide) groups is 1. The van der Waals surface area contributed by atoms with Gasteiger partial charge < -0.3 is 19.4 Å². The molecule has 2 aromatic rings. The Morgan fingerprint density at radius 2 is 2.15 bits per heavy atom. The molecule has 0 saturated carbocycles. The van der Waals surface area contributed by atoms with Gasteiger partial charge in [-0.25, -0.2) is 14.2 Å². The molecule has 1 aromatic heterocycles. The van der Waals surface area contributed by atoms with Crippen molar-refractivity contribution in [2.24, 2.45) is 4.99 Å². The summed E-state index contributed by atoms with van der Waals surface area (Å²) in [5.41, 5.74) is 1.55. The Bertz CT molecular complexity index is 1170. The van der Waals surface area contributed by atoms with Gasteiger partial charge in [-0.1, -0.05) is 42.6 Å². The lowest BCUT2D eigenvalue weighted by atomic mass is 9.93. The van der Waals surface area contributed by atoms with E-state index in [9.17, 15) is 14.0 Å². The van der Waals surface area contributed by atoms with Crippen LogP contribution in [0, 0.1) is 5.82 Å². The van der Waals surface area contributed by atoms with Crippen LogP contribution < -0.4 is 5.32 Å². The lowest BCUT2D eigenvalue weighted by molar-refractivity contribution is -0.138. The van der Waals surface area contributed by atoms with Gasteiger partial charge in [-0.2, -0.15) is 0 Å². The monoisotopic (exact) mass is 467 g/mol. The molecule has 1 N–H and O–H groups in total. The SMILES string of the molecule is C=CCOC(=O)C1=C(C)N=C2SC=C(CC(=O)NCc3ccco3)N2[C@H]1c1ccccc1F. The van der Waals surface area contributed by atoms with Gasteiger partial charge in [0.05, 0.1) is 36.5 Å². The summed E-state index contributed by atoms with van der Waals surface area (Å²) in [6.07, 6.45) is 3.02. The van der Waals surface area contributed by atoms with E-state index in [0.29, 0.717) is 27.9 Å². The fourth-order valence-corrected chi connectivity index (χ4v) is 4.62. The Morgan fingerprint density at radius 3 is 2.88 bits per heavy atom. The van der Waals surface area contributed by atoms with Gasteiger partial charge in [0.1, 0.15) is 18.2 Å². The fraction of sp³-hybridized carbons (Fsp3) is 0.208. The summed E-state index contributed by atoms with van der Waals surface area (Å²) in [6, 6.07) is 8.93. The first-order valence-corrected chi connectivity index (χ1v) is 11.1. The van der Waals surface area contributed by atoms with Gasteiger partial charge in [0, 0.05) is 11.3 Å². The number of fused-ring (bicyclic) bond motifs is 1. The molecule has 170 valence electrons. The van der Waals surface area contributed by atoms with Crippen molar-refractivity contribution in [2.75, 3.05) is 6.61 Å². The highest BCUT2D eigenvalue weighted by Gasteiger charge is 2.42. The van der Waals surface area contributed by atoms with Gasteiger partial charge in [0.15, 0.2) is 5.17 Å². The van der Waals surface area contributed by atoms with Gasteiger partial charge in [-0.3, -0.25) is 4.79 Å². The maximum atomic E-state index is 14.9. The largest absolute Gasteiger partial charge is 0.467 e. The lowest BCUT2D eigenvalue weighted by Crippen LogP contribution is -2.38. The van der Waals surface area contributed by atoms with Crippen molar-refractivity contribution in [3.05, 3.63) is 94.8 Å². The van der Waals surface area contributed by atoms with E-state index in [-0.39, 0.29) is 31.1 Å². The van der Waals surface area contributed by atoms with E-state index in [1.54, 1.807) is 47.6 Å². The number of nitrogens with zero attached hydrogens (tertiary/aromatic N) is 2. The molecule has 0 unspecified atom stereocenters. The van der Waals surface area contributed by atoms with Crippen molar-refractivity contribution < 1.29 is 23.1 Å². The zero-order chi connectivity index (χ0) is 23.4. The average molecular weight is 468 g/mol. The molecule has 0 radical (unpaired) electrons. The maximum absolute atomic E-state index is 14.9. The smallest absolute Gasteiger partial charge is 0.338 e. The molecule has 2 aliphatic rings. The van der Waals surface area contributed by atoms with E-state index in [2.05, 4.69) is 16.9 Å². The number of amides is 1. The molecule has 4 rings (SSSR count). The van der Waals surface area contributed by atoms with Crippen LogP contribution in [0.25, 0.3) is 0 Å². The summed E-state index contributed by atoms with van der Waals surface area (Å²) in [5, 5.41) is 5.17. The third-order valence-electron chi connectivity index (χ3n) is 5.13. The predicted octanol–water partition coefficient (Wildman–Crippen LogP) is 4.43. The average Bonchev–Trinajstić information content (AvgIpc) is 3.46. The number of aliphatic imine (C=N–C) groups is 1. The molecular weight excluding hydrogens is 445 g/mol. The summed E-state index contributed by atoms with van der Waals surface area (Å²) < 4.78 is 25.5. The van der Waals surface area contributed by atoms with Crippen LogP contribution in [0.3, 0.4) is 0 Å². The fourth-order valence-electron chi connectivity index (χ4n) is 3.66. The maximum Gasteiger partial charge on any atom is 0.338 e. The van der Waals surface area contributed by atoms with Crippen molar-refractivity contribution in [1.29, 1.82) is 0 Å². The Morgan fingerprint density at radius 1 is 1.33 bits per heavy atom. The molecule has 7 nitrogen and oxygen atoms in total. The number of benzene rings is 1. The van der Waals surface area contributed by atoms with Crippen LogP contribution >= 0.6 is 11.8 Å². The third kappa shape index (κ3) is 4.78. The molecule has 0 spiro atoms. The molecule has 0 fully saturated rings. The van der Waals surface area contributed by atoms with Crippen molar-refractivity contribution >= 4 is 28.8 Å². The molecule has 9 heteroatoms. The predicted molar refractivity (Wildman–Crippen MR) is 123 cm³/mol. The van der Waals surface area contributed by atoms with Gasteiger partial charge in [0.25, 0.3) is 0 Å². The van der Waals surface area contributed by atoms with E-state index in [0.717, 1.165) is 0 Å². The van der Waals surface area contributed by atoms with Crippen molar-refractivity contribution in [2.45, 2.75) is 25.9 Å². The molecule has 3 heterocycles. The highest BCUT2D eigenvalue weighted by Crippen LogP contribution is 2.45. The number of carbonyl (C=O) groups is 2. The van der Waals surface area contributed by atoms with Crippen LogP contribution in [-0.2, 0) is 20.9 Å². The summed E-state index contributed by atoms with van der Waals surface area (Å²) in [6.45, 7) is 5.53. The lowest BCUT2D eigenvalue weighted by Gasteiger charge is -2.36. The second-order valence-electron chi connectivity index (χ2n) is 7.33. The number of nitrogens with one attached hydrogen (secondary N) is 1. The normalized spacial score (nSPS) is 17.3. The molecular formula is C24H22FN3O4S. The second kappa shape index (κ2) is 9.91. The summed E-state index contributed by atoms with van der Waals surface area (Å²) in [5.74, 6) is -0.687. The second-order valence-corrected chi connectivity index (χ2v) is 8.17. The topological polar surface area (TPSA) is 84.1 Å². The van der Waals surface area contributed by atoms with Crippen molar-refractivity contribution in [3.63, 3.8) is 0 Å². The van der Waals surface area contributed by atoms with Crippen molar-refractivity contribution in [1.82, 2.24) is 10.2 Å².